The highest BCUT2D eigenvalue weighted by molar-refractivity contribution is 5.87. The smallest absolute Gasteiger partial charge is 0.331 e. The van der Waals surface area contributed by atoms with Crippen LogP contribution in [0.1, 0.15) is 65.7 Å². The number of carboxylic acids is 1. The van der Waals surface area contributed by atoms with Crippen molar-refractivity contribution in [3.8, 4) is 0 Å². The predicted molar refractivity (Wildman–Crippen MR) is 94.7 cm³/mol. The molecule has 0 spiro atoms. The zero-order chi connectivity index (χ0) is 20.4. The van der Waals surface area contributed by atoms with Gasteiger partial charge in [-0.25, -0.2) is 4.79 Å². The lowest BCUT2D eigenvalue weighted by molar-refractivity contribution is -0.183. The summed E-state index contributed by atoms with van der Waals surface area (Å²) in [5.74, 6) is -2.80. The average molecular weight is 384 g/mol. The fraction of sp³-hybridized carbons (Fsp3) is 0.684. The van der Waals surface area contributed by atoms with E-state index in [4.69, 9.17) is 14.2 Å². The van der Waals surface area contributed by atoms with E-state index in [1.807, 2.05) is 6.92 Å². The maximum atomic E-state index is 12.0. The zero-order valence-corrected chi connectivity index (χ0v) is 16.1. The largest absolute Gasteiger partial charge is 0.478 e. The van der Waals surface area contributed by atoms with Crippen LogP contribution in [0.3, 0.4) is 0 Å². The number of esters is 3. The molecule has 0 fully saturated rings. The minimum Gasteiger partial charge on any atom is -0.478 e. The molecule has 1 rings (SSSR count). The summed E-state index contributed by atoms with van der Waals surface area (Å²) in [4.78, 5) is 47.3. The molecule has 0 unspecified atom stereocenters. The Bertz CT molecular complexity index is 580. The van der Waals surface area contributed by atoms with Crippen molar-refractivity contribution in [2.24, 2.45) is 0 Å². The van der Waals surface area contributed by atoms with Crippen molar-refractivity contribution in [3.05, 3.63) is 11.6 Å². The molecule has 0 saturated carbocycles. The summed E-state index contributed by atoms with van der Waals surface area (Å²) in [5.41, 5.74) is -0.0543. The molecule has 0 aromatic rings. The van der Waals surface area contributed by atoms with Crippen LogP contribution in [-0.4, -0.2) is 47.3 Å². The molecular formula is C19H28O8. The van der Waals surface area contributed by atoms with E-state index in [2.05, 4.69) is 0 Å². The predicted octanol–water partition coefficient (Wildman–Crippen LogP) is 2.54. The lowest BCUT2D eigenvalue weighted by Gasteiger charge is -2.34. The highest BCUT2D eigenvalue weighted by atomic mass is 16.6. The average Bonchev–Trinajstić information content (AvgIpc) is 2.57. The van der Waals surface area contributed by atoms with Crippen LogP contribution in [0.25, 0.3) is 0 Å². The second kappa shape index (κ2) is 11.4. The zero-order valence-electron chi connectivity index (χ0n) is 16.1. The van der Waals surface area contributed by atoms with Gasteiger partial charge in [-0.1, -0.05) is 20.8 Å². The number of hydrogen-bond donors (Lipinski definition) is 1. The second-order valence-electron chi connectivity index (χ2n) is 6.39. The van der Waals surface area contributed by atoms with E-state index in [1.54, 1.807) is 13.8 Å². The molecule has 8 heteroatoms. The van der Waals surface area contributed by atoms with Gasteiger partial charge in [-0.2, -0.15) is 0 Å². The van der Waals surface area contributed by atoms with Crippen molar-refractivity contribution in [2.45, 2.75) is 84.0 Å². The molecule has 0 aromatic carbocycles. The molecular weight excluding hydrogens is 356 g/mol. The molecule has 0 aromatic heterocycles. The van der Waals surface area contributed by atoms with Gasteiger partial charge in [-0.15, -0.1) is 0 Å². The van der Waals surface area contributed by atoms with Crippen LogP contribution >= 0.6 is 0 Å². The van der Waals surface area contributed by atoms with Crippen molar-refractivity contribution in [1.29, 1.82) is 0 Å². The molecule has 0 saturated heterocycles. The first-order valence-electron chi connectivity index (χ1n) is 9.34. The van der Waals surface area contributed by atoms with Crippen LogP contribution in [0.2, 0.25) is 0 Å². The Morgan fingerprint density at radius 1 is 0.889 bits per heavy atom. The van der Waals surface area contributed by atoms with Crippen molar-refractivity contribution in [1.82, 2.24) is 0 Å². The quantitative estimate of drug-likeness (QED) is 0.451. The number of hydrogen-bond acceptors (Lipinski definition) is 7. The third-order valence-electron chi connectivity index (χ3n) is 3.93. The van der Waals surface area contributed by atoms with Crippen molar-refractivity contribution in [3.63, 3.8) is 0 Å². The van der Waals surface area contributed by atoms with Gasteiger partial charge in [-0.05, 0) is 25.3 Å². The van der Waals surface area contributed by atoms with E-state index in [0.717, 1.165) is 0 Å². The molecule has 1 N–H and O–H groups in total. The second-order valence-corrected chi connectivity index (χ2v) is 6.39. The molecule has 1 aliphatic carbocycles. The van der Waals surface area contributed by atoms with Gasteiger partial charge < -0.3 is 19.3 Å². The van der Waals surface area contributed by atoms with Crippen LogP contribution < -0.4 is 0 Å². The van der Waals surface area contributed by atoms with Gasteiger partial charge in [0, 0.05) is 31.3 Å². The molecule has 0 amide bonds. The Morgan fingerprint density at radius 2 is 1.37 bits per heavy atom. The third kappa shape index (κ3) is 7.40. The Morgan fingerprint density at radius 3 is 1.85 bits per heavy atom. The standard InChI is InChI=1S/C19H28O8/c1-4-7-15(20)25-13-10-12(19(23)24)11-14(26-16(21)8-5-2)18(13)27-17(22)9-6-3/h10,13-14,18H,4-9,11H2,1-3H3,(H,23,24)/t13-,14-,18-/m1/s1. The van der Waals surface area contributed by atoms with Gasteiger partial charge in [0.05, 0.1) is 0 Å². The SMILES string of the molecule is CCCC(=O)O[C@@H]1[C@H](OC(=O)CCC)C=C(C(=O)O)C[C@H]1OC(=O)CCC. The van der Waals surface area contributed by atoms with Crippen LogP contribution in [0, 0.1) is 0 Å². The van der Waals surface area contributed by atoms with Crippen LogP contribution in [0.5, 0.6) is 0 Å². The maximum Gasteiger partial charge on any atom is 0.331 e. The molecule has 1 aliphatic rings. The summed E-state index contributed by atoms with van der Waals surface area (Å²) in [7, 11) is 0. The van der Waals surface area contributed by atoms with Crippen molar-refractivity contribution < 1.29 is 38.5 Å². The first-order chi connectivity index (χ1) is 12.8. The number of ether oxygens (including phenoxy) is 3. The highest BCUT2D eigenvalue weighted by Crippen LogP contribution is 2.28. The van der Waals surface area contributed by atoms with E-state index < -0.39 is 42.2 Å². The fourth-order valence-electron chi connectivity index (χ4n) is 2.68. The van der Waals surface area contributed by atoms with E-state index >= 15 is 0 Å². The summed E-state index contributed by atoms with van der Waals surface area (Å²) in [6.45, 7) is 5.41. The molecule has 8 nitrogen and oxygen atoms in total. The monoisotopic (exact) mass is 384 g/mol. The summed E-state index contributed by atoms with van der Waals surface area (Å²) < 4.78 is 16.1. The fourth-order valence-corrected chi connectivity index (χ4v) is 2.68. The molecule has 0 radical (unpaired) electrons. The van der Waals surface area contributed by atoms with Gasteiger partial charge in [0.2, 0.25) is 0 Å². The maximum absolute atomic E-state index is 12.0. The van der Waals surface area contributed by atoms with Gasteiger partial charge >= 0.3 is 23.9 Å². The summed E-state index contributed by atoms with van der Waals surface area (Å²) in [6.07, 6.45) is 0.0124. The van der Waals surface area contributed by atoms with Gasteiger partial charge in [0.25, 0.3) is 0 Å². The van der Waals surface area contributed by atoms with Crippen LogP contribution in [0.15, 0.2) is 11.6 Å². The summed E-state index contributed by atoms with van der Waals surface area (Å²) >= 11 is 0. The Labute approximate surface area is 158 Å². The minimum absolute atomic E-state index is 0.0543. The first kappa shape index (κ1) is 22.7. The van der Waals surface area contributed by atoms with Gasteiger partial charge in [0.15, 0.2) is 12.2 Å². The van der Waals surface area contributed by atoms with E-state index in [-0.39, 0.29) is 31.3 Å². The molecule has 27 heavy (non-hydrogen) atoms. The van der Waals surface area contributed by atoms with Crippen molar-refractivity contribution >= 4 is 23.9 Å². The normalized spacial score (nSPS) is 21.7. The first-order valence-corrected chi connectivity index (χ1v) is 9.34. The molecule has 152 valence electrons. The molecule has 0 heterocycles. The van der Waals surface area contributed by atoms with E-state index in [0.29, 0.717) is 19.3 Å². The third-order valence-corrected chi connectivity index (χ3v) is 3.93. The summed E-state index contributed by atoms with van der Waals surface area (Å²) in [5, 5.41) is 9.34. The lowest BCUT2D eigenvalue weighted by Crippen LogP contribution is -2.48. The van der Waals surface area contributed by atoms with Gasteiger partial charge in [-0.3, -0.25) is 14.4 Å². The molecule has 0 bridgehead atoms. The van der Waals surface area contributed by atoms with E-state index in [9.17, 15) is 24.3 Å². The molecule has 0 aliphatic heterocycles. The lowest BCUT2D eigenvalue weighted by atomic mass is 9.91. The summed E-state index contributed by atoms with van der Waals surface area (Å²) in [6, 6.07) is 0. The van der Waals surface area contributed by atoms with Crippen LogP contribution in [0.4, 0.5) is 0 Å². The topological polar surface area (TPSA) is 116 Å². The molecule has 3 atom stereocenters. The number of carboxylic acid groups (broad SMARTS) is 1. The van der Waals surface area contributed by atoms with Crippen molar-refractivity contribution in [2.75, 3.05) is 0 Å². The van der Waals surface area contributed by atoms with E-state index in [1.165, 1.54) is 6.08 Å². The number of carbonyl (C=O) groups excluding carboxylic acids is 3. The number of rotatable bonds is 10. The minimum atomic E-state index is -1.21. The van der Waals surface area contributed by atoms with Gasteiger partial charge in [0.1, 0.15) is 6.10 Å². The Kier molecular flexibility index (Phi) is 9.53. The highest BCUT2D eigenvalue weighted by Gasteiger charge is 2.42. The Hall–Kier alpha value is -2.38. The Balaban J connectivity index is 3.13. The van der Waals surface area contributed by atoms with Crippen LogP contribution in [-0.2, 0) is 33.4 Å². The number of aliphatic carboxylic acids is 1. The number of carbonyl (C=O) groups is 4.